The zero-order chi connectivity index (χ0) is 14.8. The van der Waals surface area contributed by atoms with E-state index in [0.717, 1.165) is 51.5 Å². The summed E-state index contributed by atoms with van der Waals surface area (Å²) in [6.45, 7) is 6.91. The topological polar surface area (TPSA) is 45.7 Å². The third-order valence-electron chi connectivity index (χ3n) is 4.23. The van der Waals surface area contributed by atoms with Crippen LogP contribution in [0.4, 0.5) is 0 Å². The predicted molar refractivity (Wildman–Crippen MR) is 80.7 cm³/mol. The molecule has 1 aromatic rings. The zero-order valence-corrected chi connectivity index (χ0v) is 13.0. The fraction of sp³-hybridized carbons (Fsp3) is 0.600. The summed E-state index contributed by atoms with van der Waals surface area (Å²) in [5, 5.41) is 0.488. The number of halogens is 1. The molecular weight excluding hydrogens is 290 g/mol. The van der Waals surface area contributed by atoms with Crippen LogP contribution in [0.3, 0.4) is 0 Å². The Morgan fingerprint density at radius 1 is 1.38 bits per heavy atom. The van der Waals surface area contributed by atoms with E-state index in [-0.39, 0.29) is 5.91 Å². The van der Waals surface area contributed by atoms with Gasteiger partial charge in [0.25, 0.3) is 5.91 Å². The third kappa shape index (κ3) is 3.20. The van der Waals surface area contributed by atoms with E-state index in [0.29, 0.717) is 16.6 Å². The van der Waals surface area contributed by atoms with Crippen LogP contribution in [0, 0.1) is 6.92 Å². The number of carbonyl (C=O) groups is 1. The minimum atomic E-state index is -0.0109. The van der Waals surface area contributed by atoms with Gasteiger partial charge in [0.05, 0.1) is 23.8 Å². The lowest BCUT2D eigenvalue weighted by atomic mass is 10.2. The smallest absolute Gasteiger partial charge is 0.256 e. The quantitative estimate of drug-likeness (QED) is 0.832. The van der Waals surface area contributed by atoms with Crippen LogP contribution in [0.2, 0.25) is 5.02 Å². The van der Waals surface area contributed by atoms with E-state index in [4.69, 9.17) is 16.3 Å². The second-order valence-corrected chi connectivity index (χ2v) is 6.05. The van der Waals surface area contributed by atoms with Gasteiger partial charge < -0.3 is 9.64 Å². The van der Waals surface area contributed by atoms with E-state index in [1.165, 1.54) is 0 Å². The van der Waals surface area contributed by atoms with E-state index in [9.17, 15) is 4.79 Å². The van der Waals surface area contributed by atoms with Gasteiger partial charge in [-0.15, -0.1) is 0 Å². The van der Waals surface area contributed by atoms with Crippen molar-refractivity contribution in [3.8, 4) is 0 Å². The van der Waals surface area contributed by atoms with Gasteiger partial charge in [-0.05, 0) is 19.4 Å². The maximum Gasteiger partial charge on any atom is 0.256 e. The highest BCUT2D eigenvalue weighted by molar-refractivity contribution is 6.33. The van der Waals surface area contributed by atoms with Crippen molar-refractivity contribution >= 4 is 17.5 Å². The van der Waals surface area contributed by atoms with Gasteiger partial charge >= 0.3 is 0 Å². The van der Waals surface area contributed by atoms with Crippen LogP contribution in [-0.2, 0) is 4.74 Å². The van der Waals surface area contributed by atoms with Crippen LogP contribution < -0.4 is 0 Å². The summed E-state index contributed by atoms with van der Waals surface area (Å²) in [6, 6.07) is 2.18. The van der Waals surface area contributed by atoms with E-state index in [1.807, 2.05) is 11.8 Å². The van der Waals surface area contributed by atoms with Crippen molar-refractivity contribution in [3.63, 3.8) is 0 Å². The SMILES string of the molecule is Cc1cc(Cl)c(C(=O)N2CCC(N3CCOCC3)C2)cn1. The number of hydrogen-bond donors (Lipinski definition) is 0. The molecule has 0 bridgehead atoms. The lowest BCUT2D eigenvalue weighted by Gasteiger charge is -2.32. The Hall–Kier alpha value is -1.17. The fourth-order valence-electron chi connectivity index (χ4n) is 3.02. The highest BCUT2D eigenvalue weighted by Crippen LogP contribution is 2.22. The first-order valence-corrected chi connectivity index (χ1v) is 7.76. The van der Waals surface area contributed by atoms with Crippen LogP contribution in [0.1, 0.15) is 22.5 Å². The molecule has 1 unspecified atom stereocenters. The number of ether oxygens (including phenoxy) is 1. The maximum absolute atomic E-state index is 12.6. The molecular formula is C15H20ClN3O2. The van der Waals surface area contributed by atoms with Crippen molar-refractivity contribution in [3.05, 3.63) is 28.5 Å². The molecule has 1 atom stereocenters. The van der Waals surface area contributed by atoms with Crippen molar-refractivity contribution in [2.45, 2.75) is 19.4 Å². The second kappa shape index (κ2) is 6.30. The summed E-state index contributed by atoms with van der Waals surface area (Å²) >= 11 is 6.17. The largest absolute Gasteiger partial charge is 0.379 e. The number of rotatable bonds is 2. The van der Waals surface area contributed by atoms with Gasteiger partial charge in [-0.2, -0.15) is 0 Å². The number of amides is 1. The minimum Gasteiger partial charge on any atom is -0.379 e. The summed E-state index contributed by atoms with van der Waals surface area (Å²) in [6.07, 6.45) is 2.60. The standard InChI is InChI=1S/C15H20ClN3O2/c1-11-8-14(16)13(9-17-11)15(20)19-3-2-12(10-19)18-4-6-21-7-5-18/h8-9,12H,2-7,10H2,1H3. The summed E-state index contributed by atoms with van der Waals surface area (Å²) < 4.78 is 5.38. The second-order valence-electron chi connectivity index (χ2n) is 5.65. The molecule has 0 N–H and O–H groups in total. The molecule has 3 rings (SSSR count). The van der Waals surface area contributed by atoms with Crippen molar-refractivity contribution in [2.75, 3.05) is 39.4 Å². The first-order chi connectivity index (χ1) is 10.1. The lowest BCUT2D eigenvalue weighted by molar-refractivity contribution is 0.0185. The molecule has 1 aromatic heterocycles. The zero-order valence-electron chi connectivity index (χ0n) is 12.2. The summed E-state index contributed by atoms with van der Waals surface area (Å²) in [5.41, 5.74) is 1.33. The number of hydrogen-bond acceptors (Lipinski definition) is 4. The summed E-state index contributed by atoms with van der Waals surface area (Å²) in [5.74, 6) is -0.0109. The van der Waals surface area contributed by atoms with Gasteiger partial charge in [-0.3, -0.25) is 14.7 Å². The van der Waals surface area contributed by atoms with Gasteiger partial charge in [0, 0.05) is 44.1 Å². The van der Waals surface area contributed by atoms with Gasteiger partial charge in [-0.1, -0.05) is 11.6 Å². The Bertz CT molecular complexity index is 532. The van der Waals surface area contributed by atoms with Gasteiger partial charge in [0.2, 0.25) is 0 Å². The number of nitrogens with zero attached hydrogens (tertiary/aromatic N) is 3. The van der Waals surface area contributed by atoms with Crippen LogP contribution in [-0.4, -0.2) is 66.1 Å². The fourth-order valence-corrected chi connectivity index (χ4v) is 3.31. The van der Waals surface area contributed by atoms with Crippen LogP contribution in [0.5, 0.6) is 0 Å². The molecule has 0 radical (unpaired) electrons. The van der Waals surface area contributed by atoms with E-state index >= 15 is 0 Å². The highest BCUT2D eigenvalue weighted by Gasteiger charge is 2.32. The molecule has 5 nitrogen and oxygen atoms in total. The third-order valence-corrected chi connectivity index (χ3v) is 4.55. The molecule has 2 saturated heterocycles. The summed E-state index contributed by atoms with van der Waals surface area (Å²) in [7, 11) is 0. The molecule has 2 aliphatic rings. The average molecular weight is 310 g/mol. The molecule has 2 fully saturated rings. The number of aryl methyl sites for hydroxylation is 1. The summed E-state index contributed by atoms with van der Waals surface area (Å²) in [4.78, 5) is 21.1. The molecule has 0 aliphatic carbocycles. The molecule has 6 heteroatoms. The number of morpholine rings is 1. The Morgan fingerprint density at radius 2 is 2.14 bits per heavy atom. The Balaban J connectivity index is 1.66. The first kappa shape index (κ1) is 14.8. The van der Waals surface area contributed by atoms with Gasteiger partial charge in [0.1, 0.15) is 0 Å². The highest BCUT2D eigenvalue weighted by atomic mass is 35.5. The number of pyridine rings is 1. The average Bonchev–Trinajstić information content (AvgIpc) is 2.97. The number of carbonyl (C=O) groups excluding carboxylic acids is 1. The Kier molecular flexibility index (Phi) is 4.42. The Morgan fingerprint density at radius 3 is 2.86 bits per heavy atom. The molecule has 114 valence electrons. The van der Waals surface area contributed by atoms with Crippen LogP contribution in [0.15, 0.2) is 12.3 Å². The van der Waals surface area contributed by atoms with Crippen molar-refractivity contribution in [2.24, 2.45) is 0 Å². The van der Waals surface area contributed by atoms with Crippen LogP contribution in [0.25, 0.3) is 0 Å². The molecule has 2 aliphatic heterocycles. The lowest BCUT2D eigenvalue weighted by Crippen LogP contribution is -2.45. The van der Waals surface area contributed by atoms with Gasteiger partial charge in [0.15, 0.2) is 0 Å². The number of likely N-dealkylation sites (tertiary alicyclic amines) is 1. The monoisotopic (exact) mass is 309 g/mol. The predicted octanol–water partition coefficient (Wildman–Crippen LogP) is 1.59. The molecule has 0 aromatic carbocycles. The molecule has 0 saturated carbocycles. The van der Waals surface area contributed by atoms with E-state index in [2.05, 4.69) is 9.88 Å². The maximum atomic E-state index is 12.6. The molecule has 0 spiro atoms. The van der Waals surface area contributed by atoms with Crippen LogP contribution >= 0.6 is 11.6 Å². The first-order valence-electron chi connectivity index (χ1n) is 7.38. The number of aromatic nitrogens is 1. The molecule has 1 amide bonds. The normalized spacial score (nSPS) is 23.5. The Labute approximate surface area is 129 Å². The minimum absolute atomic E-state index is 0.0109. The molecule has 21 heavy (non-hydrogen) atoms. The van der Waals surface area contributed by atoms with Crippen molar-refractivity contribution in [1.82, 2.24) is 14.8 Å². The van der Waals surface area contributed by atoms with E-state index < -0.39 is 0 Å². The van der Waals surface area contributed by atoms with Crippen molar-refractivity contribution in [1.29, 1.82) is 0 Å². The van der Waals surface area contributed by atoms with E-state index in [1.54, 1.807) is 12.3 Å². The van der Waals surface area contributed by atoms with Crippen molar-refractivity contribution < 1.29 is 9.53 Å². The molecule has 3 heterocycles. The van der Waals surface area contributed by atoms with Gasteiger partial charge in [-0.25, -0.2) is 0 Å².